The van der Waals surface area contributed by atoms with E-state index in [1.165, 1.54) is 26.2 Å². The van der Waals surface area contributed by atoms with E-state index in [0.717, 1.165) is 11.8 Å². The molecule has 0 amide bonds. The van der Waals surface area contributed by atoms with Crippen molar-refractivity contribution in [1.29, 1.82) is 0 Å². The van der Waals surface area contributed by atoms with Gasteiger partial charge in [-0.1, -0.05) is 20.8 Å². The standard InChI is InChI=1S/C11H24N2/c1-9(2)6-13-7-10(3)5-12-11(4)8-13/h9-12H,5-8H2,1-4H3. The Bertz CT molecular complexity index is 133. The smallest absolute Gasteiger partial charge is 0.0166 e. The van der Waals surface area contributed by atoms with Gasteiger partial charge in [-0.2, -0.15) is 0 Å². The van der Waals surface area contributed by atoms with E-state index < -0.39 is 0 Å². The molecule has 0 aromatic heterocycles. The monoisotopic (exact) mass is 184 g/mol. The number of nitrogens with one attached hydrogen (secondary N) is 1. The van der Waals surface area contributed by atoms with E-state index in [1.54, 1.807) is 0 Å². The van der Waals surface area contributed by atoms with Crippen LogP contribution in [0.5, 0.6) is 0 Å². The third-order valence-corrected chi connectivity index (χ3v) is 2.54. The van der Waals surface area contributed by atoms with Gasteiger partial charge in [0.1, 0.15) is 0 Å². The van der Waals surface area contributed by atoms with E-state index in [4.69, 9.17) is 0 Å². The summed E-state index contributed by atoms with van der Waals surface area (Å²) < 4.78 is 0. The highest BCUT2D eigenvalue weighted by molar-refractivity contribution is 4.76. The summed E-state index contributed by atoms with van der Waals surface area (Å²) in [6, 6.07) is 0.656. The van der Waals surface area contributed by atoms with Crippen molar-refractivity contribution in [3.05, 3.63) is 0 Å². The molecule has 0 aromatic rings. The second kappa shape index (κ2) is 4.97. The van der Waals surface area contributed by atoms with Crippen molar-refractivity contribution in [1.82, 2.24) is 10.2 Å². The van der Waals surface area contributed by atoms with Crippen molar-refractivity contribution >= 4 is 0 Å². The van der Waals surface area contributed by atoms with Gasteiger partial charge in [-0.25, -0.2) is 0 Å². The third-order valence-electron chi connectivity index (χ3n) is 2.54. The van der Waals surface area contributed by atoms with Crippen molar-refractivity contribution in [2.75, 3.05) is 26.2 Å². The van der Waals surface area contributed by atoms with E-state index in [-0.39, 0.29) is 0 Å². The van der Waals surface area contributed by atoms with E-state index in [1.807, 2.05) is 0 Å². The first-order valence-corrected chi connectivity index (χ1v) is 5.53. The van der Waals surface area contributed by atoms with Crippen molar-refractivity contribution < 1.29 is 0 Å². The van der Waals surface area contributed by atoms with Crippen molar-refractivity contribution in [2.24, 2.45) is 11.8 Å². The Labute approximate surface area is 82.7 Å². The Morgan fingerprint density at radius 2 is 2.00 bits per heavy atom. The zero-order valence-corrected chi connectivity index (χ0v) is 9.51. The van der Waals surface area contributed by atoms with Crippen LogP contribution in [-0.4, -0.2) is 37.1 Å². The van der Waals surface area contributed by atoms with Crippen LogP contribution in [-0.2, 0) is 0 Å². The minimum atomic E-state index is 0.656. The van der Waals surface area contributed by atoms with E-state index in [9.17, 15) is 0 Å². The van der Waals surface area contributed by atoms with Gasteiger partial charge in [0.05, 0.1) is 0 Å². The lowest BCUT2D eigenvalue weighted by Gasteiger charge is -2.25. The highest BCUT2D eigenvalue weighted by Gasteiger charge is 2.18. The first-order chi connectivity index (χ1) is 6.08. The van der Waals surface area contributed by atoms with Crippen LogP contribution in [0.25, 0.3) is 0 Å². The molecule has 1 aliphatic heterocycles. The Kier molecular flexibility index (Phi) is 4.20. The largest absolute Gasteiger partial charge is 0.313 e. The summed E-state index contributed by atoms with van der Waals surface area (Å²) in [6.45, 7) is 14.1. The summed E-state index contributed by atoms with van der Waals surface area (Å²) in [5, 5.41) is 3.56. The normalized spacial score (nSPS) is 32.1. The molecule has 1 aliphatic rings. The fourth-order valence-corrected chi connectivity index (χ4v) is 2.10. The quantitative estimate of drug-likeness (QED) is 0.701. The molecular weight excluding hydrogens is 160 g/mol. The average Bonchev–Trinajstić information content (AvgIpc) is 2.11. The molecule has 1 saturated heterocycles. The number of rotatable bonds is 2. The van der Waals surface area contributed by atoms with Crippen LogP contribution >= 0.6 is 0 Å². The van der Waals surface area contributed by atoms with E-state index >= 15 is 0 Å². The van der Waals surface area contributed by atoms with Crippen LogP contribution in [0.2, 0.25) is 0 Å². The molecule has 78 valence electrons. The minimum absolute atomic E-state index is 0.656. The van der Waals surface area contributed by atoms with Crippen LogP contribution in [0.15, 0.2) is 0 Å². The second-order valence-electron chi connectivity index (χ2n) is 5.03. The SMILES string of the molecule is CC(C)CN1CC(C)CNC(C)C1. The van der Waals surface area contributed by atoms with Gasteiger partial charge < -0.3 is 10.2 Å². The molecule has 2 atom stereocenters. The fraction of sp³-hybridized carbons (Fsp3) is 1.00. The topological polar surface area (TPSA) is 15.3 Å². The maximum Gasteiger partial charge on any atom is 0.0166 e. The van der Waals surface area contributed by atoms with Crippen molar-refractivity contribution in [3.8, 4) is 0 Å². The number of hydrogen-bond donors (Lipinski definition) is 1. The van der Waals surface area contributed by atoms with Gasteiger partial charge in [0.25, 0.3) is 0 Å². The summed E-state index contributed by atoms with van der Waals surface area (Å²) in [4.78, 5) is 2.60. The van der Waals surface area contributed by atoms with Gasteiger partial charge in [0.15, 0.2) is 0 Å². The third kappa shape index (κ3) is 4.10. The Hall–Kier alpha value is -0.0800. The van der Waals surface area contributed by atoms with Crippen LogP contribution in [0.4, 0.5) is 0 Å². The van der Waals surface area contributed by atoms with Crippen molar-refractivity contribution in [2.45, 2.75) is 33.7 Å². The molecule has 1 fully saturated rings. The molecule has 1 N–H and O–H groups in total. The number of nitrogens with zero attached hydrogens (tertiary/aromatic N) is 1. The van der Waals surface area contributed by atoms with Crippen LogP contribution < -0.4 is 5.32 Å². The predicted octanol–water partition coefficient (Wildman–Crippen LogP) is 1.57. The molecule has 2 unspecified atom stereocenters. The molecule has 0 aromatic carbocycles. The lowest BCUT2D eigenvalue weighted by Crippen LogP contribution is -2.37. The zero-order valence-electron chi connectivity index (χ0n) is 9.51. The molecule has 0 spiro atoms. The summed E-state index contributed by atoms with van der Waals surface area (Å²) in [6.07, 6.45) is 0. The lowest BCUT2D eigenvalue weighted by atomic mass is 10.1. The van der Waals surface area contributed by atoms with Gasteiger partial charge in [0.2, 0.25) is 0 Å². The molecule has 1 rings (SSSR count). The molecule has 2 nitrogen and oxygen atoms in total. The fourth-order valence-electron chi connectivity index (χ4n) is 2.10. The van der Waals surface area contributed by atoms with Crippen LogP contribution in [0.3, 0.4) is 0 Å². The summed E-state index contributed by atoms with van der Waals surface area (Å²) in [5.74, 6) is 1.58. The first-order valence-electron chi connectivity index (χ1n) is 5.53. The molecule has 13 heavy (non-hydrogen) atoms. The van der Waals surface area contributed by atoms with Crippen LogP contribution in [0.1, 0.15) is 27.7 Å². The number of hydrogen-bond acceptors (Lipinski definition) is 2. The summed E-state index contributed by atoms with van der Waals surface area (Å²) in [7, 11) is 0. The van der Waals surface area contributed by atoms with Gasteiger partial charge in [-0.15, -0.1) is 0 Å². The molecule has 0 saturated carbocycles. The van der Waals surface area contributed by atoms with Gasteiger partial charge in [-0.05, 0) is 25.3 Å². The van der Waals surface area contributed by atoms with Crippen molar-refractivity contribution in [3.63, 3.8) is 0 Å². The molecule has 0 radical (unpaired) electrons. The highest BCUT2D eigenvalue weighted by Crippen LogP contribution is 2.08. The second-order valence-corrected chi connectivity index (χ2v) is 5.03. The maximum absolute atomic E-state index is 3.56. The zero-order chi connectivity index (χ0) is 9.84. The predicted molar refractivity (Wildman–Crippen MR) is 57.9 cm³/mol. The lowest BCUT2D eigenvalue weighted by molar-refractivity contribution is 0.226. The molecule has 0 bridgehead atoms. The average molecular weight is 184 g/mol. The Morgan fingerprint density at radius 3 is 2.62 bits per heavy atom. The van der Waals surface area contributed by atoms with Gasteiger partial charge in [-0.3, -0.25) is 0 Å². The Balaban J connectivity index is 2.41. The molecular formula is C11H24N2. The molecule has 2 heteroatoms. The molecule has 1 heterocycles. The van der Waals surface area contributed by atoms with E-state index in [0.29, 0.717) is 6.04 Å². The molecule has 0 aliphatic carbocycles. The first kappa shape index (κ1) is 11.0. The van der Waals surface area contributed by atoms with E-state index in [2.05, 4.69) is 37.9 Å². The van der Waals surface area contributed by atoms with Crippen LogP contribution in [0, 0.1) is 11.8 Å². The van der Waals surface area contributed by atoms with Gasteiger partial charge in [0, 0.05) is 25.7 Å². The highest BCUT2D eigenvalue weighted by atomic mass is 15.2. The minimum Gasteiger partial charge on any atom is -0.313 e. The van der Waals surface area contributed by atoms with Gasteiger partial charge >= 0.3 is 0 Å². The Morgan fingerprint density at radius 1 is 1.31 bits per heavy atom. The maximum atomic E-state index is 3.56. The summed E-state index contributed by atoms with van der Waals surface area (Å²) in [5.41, 5.74) is 0. The summed E-state index contributed by atoms with van der Waals surface area (Å²) >= 11 is 0.